The maximum Gasteiger partial charge on any atom is 0.233 e. The van der Waals surface area contributed by atoms with Gasteiger partial charge in [-0.3, -0.25) is 0 Å². The average Bonchev–Trinajstić information content (AvgIpc) is 3.11. The molecule has 0 bridgehead atoms. The number of nitrogens with zero attached hydrogens (tertiary/aromatic N) is 2. The Kier molecular flexibility index (Phi) is 5.28. The number of rotatable bonds is 3. The molecule has 3 aromatic rings. The van der Waals surface area contributed by atoms with Crippen molar-refractivity contribution in [2.75, 3.05) is 6.61 Å². The molecule has 2 aromatic carbocycles. The van der Waals surface area contributed by atoms with Crippen molar-refractivity contribution < 1.29 is 14.4 Å². The molecule has 2 heterocycles. The van der Waals surface area contributed by atoms with Gasteiger partial charge in [-0.1, -0.05) is 46.0 Å². The first kappa shape index (κ1) is 18.6. The number of aromatic hydroxyl groups is 1. The van der Waals surface area contributed by atoms with Crippen molar-refractivity contribution in [3.63, 3.8) is 0 Å². The molecule has 0 aliphatic carbocycles. The molecule has 1 saturated heterocycles. The lowest BCUT2D eigenvalue weighted by Gasteiger charge is -2.30. The third-order valence-corrected chi connectivity index (χ3v) is 5.27. The Hall–Kier alpha value is -1.79. The van der Waals surface area contributed by atoms with E-state index in [1.165, 1.54) is 12.1 Å². The zero-order valence-electron chi connectivity index (χ0n) is 14.0. The summed E-state index contributed by atoms with van der Waals surface area (Å²) in [6.45, 7) is 0.628. The third kappa shape index (κ3) is 3.92. The van der Waals surface area contributed by atoms with Crippen molar-refractivity contribution >= 4 is 34.8 Å². The van der Waals surface area contributed by atoms with Crippen molar-refractivity contribution in [1.29, 1.82) is 0 Å². The summed E-state index contributed by atoms with van der Waals surface area (Å²) in [5.74, 6) is 0.719. The number of ether oxygens (including phenoxy) is 1. The number of hydrogen-bond donors (Lipinski definition) is 1. The zero-order chi connectivity index (χ0) is 19.0. The highest BCUT2D eigenvalue weighted by Gasteiger charge is 2.34. The van der Waals surface area contributed by atoms with Crippen LogP contribution >= 0.6 is 34.8 Å². The van der Waals surface area contributed by atoms with Gasteiger partial charge in [-0.2, -0.15) is 4.98 Å². The van der Waals surface area contributed by atoms with Crippen molar-refractivity contribution in [3.8, 4) is 17.1 Å². The topological polar surface area (TPSA) is 68.4 Å². The fourth-order valence-corrected chi connectivity index (χ4v) is 4.02. The molecule has 0 unspecified atom stereocenters. The molecule has 140 valence electrons. The van der Waals surface area contributed by atoms with Crippen molar-refractivity contribution in [1.82, 2.24) is 10.1 Å². The van der Waals surface area contributed by atoms with Crippen LogP contribution in [0.25, 0.3) is 11.4 Å². The molecule has 4 rings (SSSR count). The smallest absolute Gasteiger partial charge is 0.233 e. The molecule has 1 N–H and O–H groups in total. The van der Waals surface area contributed by atoms with E-state index in [-0.39, 0.29) is 17.8 Å². The maximum atomic E-state index is 9.74. The SMILES string of the molecule is Oc1cc(Cl)cc(-c2noc([C@@H]3CCCO[C@H]3c3ccc(Cl)cc3Cl)n2)c1. The summed E-state index contributed by atoms with van der Waals surface area (Å²) >= 11 is 18.4. The van der Waals surface area contributed by atoms with E-state index in [0.29, 0.717) is 39.0 Å². The van der Waals surface area contributed by atoms with Gasteiger partial charge < -0.3 is 14.4 Å². The highest BCUT2D eigenvalue weighted by molar-refractivity contribution is 6.35. The fourth-order valence-electron chi connectivity index (χ4n) is 3.28. The highest BCUT2D eigenvalue weighted by atomic mass is 35.5. The summed E-state index contributed by atoms with van der Waals surface area (Å²) in [4.78, 5) is 4.51. The van der Waals surface area contributed by atoms with E-state index in [9.17, 15) is 5.11 Å². The Bertz CT molecular complexity index is 956. The van der Waals surface area contributed by atoms with E-state index in [0.717, 1.165) is 18.4 Å². The molecule has 1 aromatic heterocycles. The Labute approximate surface area is 170 Å². The van der Waals surface area contributed by atoms with Crippen LogP contribution < -0.4 is 0 Å². The van der Waals surface area contributed by atoms with Crippen molar-refractivity contribution in [3.05, 3.63) is 62.9 Å². The fraction of sp³-hybridized carbons (Fsp3) is 0.263. The van der Waals surface area contributed by atoms with Gasteiger partial charge in [0, 0.05) is 32.8 Å². The van der Waals surface area contributed by atoms with Crippen LogP contribution in [0.2, 0.25) is 15.1 Å². The number of aromatic nitrogens is 2. The van der Waals surface area contributed by atoms with E-state index >= 15 is 0 Å². The Balaban J connectivity index is 1.68. The molecule has 0 saturated carbocycles. The van der Waals surface area contributed by atoms with Crippen LogP contribution in [0.1, 0.15) is 36.3 Å². The zero-order valence-corrected chi connectivity index (χ0v) is 16.3. The first-order valence-corrected chi connectivity index (χ1v) is 9.55. The quantitative estimate of drug-likeness (QED) is 0.554. The molecular weight excluding hydrogens is 411 g/mol. The van der Waals surface area contributed by atoms with Gasteiger partial charge in [0.15, 0.2) is 0 Å². The van der Waals surface area contributed by atoms with Crippen LogP contribution in [0, 0.1) is 0 Å². The molecule has 27 heavy (non-hydrogen) atoms. The van der Waals surface area contributed by atoms with Crippen molar-refractivity contribution in [2.45, 2.75) is 24.9 Å². The minimum atomic E-state index is -0.301. The second-order valence-electron chi connectivity index (χ2n) is 6.36. The maximum absolute atomic E-state index is 9.74. The largest absolute Gasteiger partial charge is 0.508 e. The normalized spacial score (nSPS) is 20.0. The van der Waals surface area contributed by atoms with E-state index in [1.54, 1.807) is 18.2 Å². The average molecular weight is 426 g/mol. The van der Waals surface area contributed by atoms with Gasteiger partial charge in [-0.15, -0.1) is 0 Å². The van der Waals surface area contributed by atoms with Gasteiger partial charge >= 0.3 is 0 Å². The number of phenolic OH excluding ortho intramolecular Hbond substituents is 1. The predicted molar refractivity (Wildman–Crippen MR) is 104 cm³/mol. The van der Waals surface area contributed by atoms with Crippen LogP contribution in [-0.2, 0) is 4.74 Å². The molecule has 0 spiro atoms. The lowest BCUT2D eigenvalue weighted by molar-refractivity contribution is -0.0102. The summed E-state index contributed by atoms with van der Waals surface area (Å²) in [5, 5.41) is 15.3. The third-order valence-electron chi connectivity index (χ3n) is 4.49. The Morgan fingerprint density at radius 3 is 2.67 bits per heavy atom. The molecule has 0 radical (unpaired) electrons. The molecule has 5 nitrogen and oxygen atoms in total. The van der Waals surface area contributed by atoms with Gasteiger partial charge in [0.25, 0.3) is 0 Å². The van der Waals surface area contributed by atoms with Gasteiger partial charge in [-0.25, -0.2) is 0 Å². The monoisotopic (exact) mass is 424 g/mol. The van der Waals surface area contributed by atoms with Crippen molar-refractivity contribution in [2.24, 2.45) is 0 Å². The Morgan fingerprint density at radius 1 is 1.04 bits per heavy atom. The lowest BCUT2D eigenvalue weighted by atomic mass is 9.89. The standard InChI is InChI=1S/C19H15Cl3N2O3/c20-11-3-4-14(16(22)9-11)17-15(2-1-5-26-17)19-23-18(24-27-19)10-6-12(21)8-13(25)7-10/h3-4,6-9,15,17,25H,1-2,5H2/t15-,17+/m1/s1. The van der Waals surface area contributed by atoms with Gasteiger partial charge in [0.1, 0.15) is 5.75 Å². The summed E-state index contributed by atoms with van der Waals surface area (Å²) in [6, 6.07) is 9.99. The minimum absolute atomic E-state index is 0.0377. The van der Waals surface area contributed by atoms with Gasteiger partial charge in [0.05, 0.1) is 12.0 Å². The number of phenols is 1. The minimum Gasteiger partial charge on any atom is -0.508 e. The molecule has 1 aliphatic heterocycles. The van der Waals surface area contributed by atoms with Gasteiger partial charge in [0.2, 0.25) is 11.7 Å². The van der Waals surface area contributed by atoms with E-state index in [2.05, 4.69) is 10.1 Å². The van der Waals surface area contributed by atoms with Gasteiger partial charge in [-0.05, 0) is 43.2 Å². The lowest BCUT2D eigenvalue weighted by Crippen LogP contribution is -2.21. The molecule has 2 atom stereocenters. The number of hydrogen-bond acceptors (Lipinski definition) is 5. The Morgan fingerprint density at radius 2 is 1.89 bits per heavy atom. The molecule has 1 fully saturated rings. The predicted octanol–water partition coefficient (Wildman–Crippen LogP) is 6.04. The van der Waals surface area contributed by atoms with Crippen LogP contribution in [0.3, 0.4) is 0 Å². The molecule has 1 aliphatic rings. The van der Waals surface area contributed by atoms with E-state index in [1.807, 2.05) is 6.07 Å². The summed E-state index contributed by atoms with van der Waals surface area (Å²) in [6.07, 6.45) is 1.40. The van der Waals surface area contributed by atoms with Crippen LogP contribution in [0.5, 0.6) is 5.75 Å². The highest BCUT2D eigenvalue weighted by Crippen LogP contribution is 2.43. The first-order valence-electron chi connectivity index (χ1n) is 8.41. The number of halogens is 3. The summed E-state index contributed by atoms with van der Waals surface area (Å²) in [7, 11) is 0. The molecule has 0 amide bonds. The van der Waals surface area contributed by atoms with Crippen LogP contribution in [0.15, 0.2) is 40.9 Å². The van der Waals surface area contributed by atoms with Crippen LogP contribution in [-0.4, -0.2) is 21.9 Å². The summed E-state index contributed by atoms with van der Waals surface area (Å²) in [5.41, 5.74) is 1.42. The van der Waals surface area contributed by atoms with E-state index in [4.69, 9.17) is 44.1 Å². The molecular formula is C19H15Cl3N2O3. The van der Waals surface area contributed by atoms with E-state index < -0.39 is 0 Å². The molecule has 8 heteroatoms. The van der Waals surface area contributed by atoms with Crippen LogP contribution in [0.4, 0.5) is 0 Å². The second-order valence-corrected chi connectivity index (χ2v) is 7.64. The summed E-state index contributed by atoms with van der Waals surface area (Å²) < 4.78 is 11.5. The first-order chi connectivity index (χ1) is 13.0. The number of benzene rings is 2. The second kappa shape index (κ2) is 7.68.